The summed E-state index contributed by atoms with van der Waals surface area (Å²) < 4.78 is 0.944. The van der Waals surface area contributed by atoms with Gasteiger partial charge >= 0.3 is 0 Å². The van der Waals surface area contributed by atoms with Crippen molar-refractivity contribution >= 4 is 40.2 Å². The van der Waals surface area contributed by atoms with Crippen molar-refractivity contribution in [2.45, 2.75) is 37.8 Å². The number of hydrogen-bond acceptors (Lipinski definition) is 3. The smallest absolute Gasteiger partial charge is 0.254 e. The largest absolute Gasteiger partial charge is 0.339 e. The van der Waals surface area contributed by atoms with Crippen molar-refractivity contribution in [1.82, 2.24) is 15.1 Å². The predicted molar refractivity (Wildman–Crippen MR) is 104 cm³/mol. The van der Waals surface area contributed by atoms with Crippen LogP contribution in [0.1, 0.15) is 36.0 Å². The lowest BCUT2D eigenvalue weighted by atomic mass is 10.0. The van der Waals surface area contributed by atoms with Gasteiger partial charge in [-0.05, 0) is 57.0 Å². The Morgan fingerprint density at radius 2 is 1.80 bits per heavy atom. The molecule has 25 heavy (non-hydrogen) atoms. The van der Waals surface area contributed by atoms with Crippen LogP contribution in [-0.4, -0.2) is 60.4 Å². The molecule has 5 nitrogen and oxygen atoms in total. The minimum atomic E-state index is -0.309. The Balaban J connectivity index is 0.00000225. The van der Waals surface area contributed by atoms with E-state index >= 15 is 0 Å². The molecule has 1 aromatic rings. The minimum absolute atomic E-state index is 0. The Morgan fingerprint density at radius 1 is 1.12 bits per heavy atom. The number of piperidine rings is 1. The van der Waals surface area contributed by atoms with Crippen LogP contribution in [0, 0.1) is 0 Å². The first-order valence-electron chi connectivity index (χ1n) is 8.62. The number of carbonyl (C=O) groups excluding carboxylic acids is 2. The third-order valence-electron chi connectivity index (χ3n) is 5.03. The number of carbonyl (C=O) groups is 2. The molecule has 2 saturated heterocycles. The third kappa shape index (κ3) is 4.54. The highest BCUT2D eigenvalue weighted by molar-refractivity contribution is 9.10. The highest BCUT2D eigenvalue weighted by Gasteiger charge is 2.37. The van der Waals surface area contributed by atoms with Crippen molar-refractivity contribution in [3.63, 3.8) is 0 Å². The fraction of sp³-hybridized carbons (Fsp3) is 0.556. The first kappa shape index (κ1) is 20.2. The highest BCUT2D eigenvalue weighted by atomic mass is 79.9. The number of likely N-dealkylation sites (N-methyl/N-ethyl adjacent to an activating group) is 1. The molecule has 0 bridgehead atoms. The average Bonchev–Trinajstić information content (AvgIpc) is 3.11. The fourth-order valence-corrected chi connectivity index (χ4v) is 3.91. The maximum Gasteiger partial charge on any atom is 0.254 e. The molecule has 1 aromatic carbocycles. The van der Waals surface area contributed by atoms with Gasteiger partial charge in [0.15, 0.2) is 0 Å². The molecule has 0 saturated carbocycles. The van der Waals surface area contributed by atoms with Gasteiger partial charge in [-0.3, -0.25) is 9.59 Å². The second-order valence-corrected chi connectivity index (χ2v) is 7.49. The van der Waals surface area contributed by atoms with Crippen LogP contribution in [0.5, 0.6) is 0 Å². The highest BCUT2D eigenvalue weighted by Crippen LogP contribution is 2.24. The van der Waals surface area contributed by atoms with Crippen LogP contribution < -0.4 is 5.32 Å². The Labute approximate surface area is 163 Å². The lowest BCUT2D eigenvalue weighted by Gasteiger charge is -2.36. The Hall–Kier alpha value is -1.11. The summed E-state index contributed by atoms with van der Waals surface area (Å²) in [6.45, 7) is 2.20. The quantitative estimate of drug-likeness (QED) is 0.802. The van der Waals surface area contributed by atoms with E-state index in [-0.39, 0.29) is 30.3 Å². The van der Waals surface area contributed by atoms with E-state index in [9.17, 15) is 9.59 Å². The van der Waals surface area contributed by atoms with Crippen LogP contribution >= 0.6 is 28.3 Å². The second kappa shape index (κ2) is 9.01. The lowest BCUT2D eigenvalue weighted by molar-refractivity contribution is -0.136. The number of nitrogens with one attached hydrogen (secondary N) is 1. The standard InChI is InChI=1S/C18H24BrN3O2.ClH/c1-20-15-4-2-10-21(12-15)18(24)16-5-3-11-22(16)17(23)13-6-8-14(19)9-7-13;/h6-9,15-16,20H,2-5,10-12H2,1H3;1H. The van der Waals surface area contributed by atoms with Gasteiger partial charge in [0.2, 0.25) is 5.91 Å². The number of nitrogens with zero attached hydrogens (tertiary/aromatic N) is 2. The van der Waals surface area contributed by atoms with Gasteiger partial charge in [0.05, 0.1) is 0 Å². The fourth-order valence-electron chi connectivity index (χ4n) is 3.65. The molecule has 0 aromatic heterocycles. The van der Waals surface area contributed by atoms with Gasteiger partial charge in [-0.25, -0.2) is 0 Å². The molecule has 1 N–H and O–H groups in total. The predicted octanol–water partition coefficient (Wildman–Crippen LogP) is 2.69. The molecule has 2 aliphatic heterocycles. The molecule has 2 aliphatic rings. The Kier molecular flexibility index (Phi) is 7.28. The van der Waals surface area contributed by atoms with E-state index in [0.717, 1.165) is 43.2 Å². The van der Waals surface area contributed by atoms with Crippen LogP contribution in [0.4, 0.5) is 0 Å². The maximum absolute atomic E-state index is 13.0. The molecule has 0 aliphatic carbocycles. The Bertz CT molecular complexity index is 611. The van der Waals surface area contributed by atoms with Gasteiger partial charge < -0.3 is 15.1 Å². The van der Waals surface area contributed by atoms with Crippen molar-refractivity contribution in [2.24, 2.45) is 0 Å². The number of amides is 2. The number of benzene rings is 1. The number of hydrogen-bond donors (Lipinski definition) is 1. The van der Waals surface area contributed by atoms with Crippen molar-refractivity contribution < 1.29 is 9.59 Å². The average molecular weight is 431 g/mol. The summed E-state index contributed by atoms with van der Waals surface area (Å²) in [7, 11) is 1.94. The molecule has 2 amide bonds. The van der Waals surface area contributed by atoms with Crippen LogP contribution in [0.2, 0.25) is 0 Å². The summed E-state index contributed by atoms with van der Waals surface area (Å²) >= 11 is 3.39. The van der Waals surface area contributed by atoms with Crippen LogP contribution in [0.15, 0.2) is 28.7 Å². The third-order valence-corrected chi connectivity index (χ3v) is 5.56. The minimum Gasteiger partial charge on any atom is -0.339 e. The molecule has 0 spiro atoms. The molecule has 0 radical (unpaired) electrons. The molecule has 2 atom stereocenters. The van der Waals surface area contributed by atoms with Gasteiger partial charge in [0, 0.05) is 35.7 Å². The topological polar surface area (TPSA) is 52.7 Å². The van der Waals surface area contributed by atoms with E-state index in [2.05, 4.69) is 21.2 Å². The first-order chi connectivity index (χ1) is 11.6. The number of likely N-dealkylation sites (tertiary alicyclic amines) is 2. The van der Waals surface area contributed by atoms with Gasteiger partial charge in [0.1, 0.15) is 6.04 Å². The van der Waals surface area contributed by atoms with Gasteiger partial charge in [-0.15, -0.1) is 12.4 Å². The normalized spacial score (nSPS) is 23.3. The summed E-state index contributed by atoms with van der Waals surface area (Å²) in [4.78, 5) is 29.5. The summed E-state index contributed by atoms with van der Waals surface area (Å²) in [5.74, 6) is 0.0680. The number of halogens is 2. The van der Waals surface area contributed by atoms with Crippen molar-refractivity contribution in [1.29, 1.82) is 0 Å². The van der Waals surface area contributed by atoms with E-state index in [0.29, 0.717) is 18.2 Å². The van der Waals surface area contributed by atoms with Gasteiger partial charge in [-0.2, -0.15) is 0 Å². The van der Waals surface area contributed by atoms with E-state index in [1.807, 2.05) is 36.2 Å². The number of rotatable bonds is 3. The maximum atomic E-state index is 13.0. The zero-order valence-electron chi connectivity index (χ0n) is 14.4. The molecule has 2 fully saturated rings. The Morgan fingerprint density at radius 3 is 2.48 bits per heavy atom. The van der Waals surface area contributed by atoms with E-state index in [4.69, 9.17) is 0 Å². The zero-order chi connectivity index (χ0) is 17.1. The SMILES string of the molecule is CNC1CCCN(C(=O)C2CCCN2C(=O)c2ccc(Br)cc2)C1.Cl. The van der Waals surface area contributed by atoms with Crippen molar-refractivity contribution in [2.75, 3.05) is 26.7 Å². The van der Waals surface area contributed by atoms with Gasteiger partial charge in [0.25, 0.3) is 5.91 Å². The summed E-state index contributed by atoms with van der Waals surface area (Å²) in [6, 6.07) is 7.40. The van der Waals surface area contributed by atoms with Crippen LogP contribution in [-0.2, 0) is 4.79 Å². The van der Waals surface area contributed by atoms with Gasteiger partial charge in [-0.1, -0.05) is 15.9 Å². The monoisotopic (exact) mass is 429 g/mol. The van der Waals surface area contributed by atoms with E-state index in [1.165, 1.54) is 0 Å². The van der Waals surface area contributed by atoms with Crippen LogP contribution in [0.25, 0.3) is 0 Å². The van der Waals surface area contributed by atoms with E-state index in [1.54, 1.807) is 4.90 Å². The first-order valence-corrected chi connectivity index (χ1v) is 9.42. The molecule has 138 valence electrons. The summed E-state index contributed by atoms with van der Waals surface area (Å²) in [5, 5.41) is 3.27. The molecular formula is C18H25BrClN3O2. The molecular weight excluding hydrogens is 406 g/mol. The second-order valence-electron chi connectivity index (χ2n) is 6.58. The molecule has 2 heterocycles. The molecule has 3 rings (SSSR count). The summed E-state index contributed by atoms with van der Waals surface area (Å²) in [5.41, 5.74) is 0.643. The van der Waals surface area contributed by atoms with Crippen molar-refractivity contribution in [3.8, 4) is 0 Å². The lowest BCUT2D eigenvalue weighted by Crippen LogP contribution is -2.53. The van der Waals surface area contributed by atoms with E-state index < -0.39 is 0 Å². The molecule has 7 heteroatoms. The summed E-state index contributed by atoms with van der Waals surface area (Å²) in [6.07, 6.45) is 3.78. The zero-order valence-corrected chi connectivity index (χ0v) is 16.8. The molecule has 2 unspecified atom stereocenters. The van der Waals surface area contributed by atoms with Crippen LogP contribution in [0.3, 0.4) is 0 Å². The van der Waals surface area contributed by atoms with Crippen molar-refractivity contribution in [3.05, 3.63) is 34.3 Å².